The summed E-state index contributed by atoms with van der Waals surface area (Å²) in [4.78, 5) is 23.1. The van der Waals surface area contributed by atoms with Gasteiger partial charge in [-0.05, 0) is 55.3 Å². The molecule has 0 fully saturated rings. The Kier molecular flexibility index (Phi) is 6.51. The van der Waals surface area contributed by atoms with Gasteiger partial charge in [0.05, 0.1) is 0 Å². The average molecular weight is 343 g/mol. The van der Waals surface area contributed by atoms with E-state index in [1.807, 2.05) is 0 Å². The molecule has 2 aromatic rings. The number of benzene rings is 2. The first-order chi connectivity index (χ1) is 11.9. The maximum atomic E-state index is 12.8. The molecule has 0 radical (unpaired) electrons. The third-order valence-corrected chi connectivity index (χ3v) is 3.61. The summed E-state index contributed by atoms with van der Waals surface area (Å²) < 4.78 is 12.8. The van der Waals surface area contributed by atoms with Crippen molar-refractivity contribution in [3.05, 3.63) is 59.9 Å². The smallest absolute Gasteiger partial charge is 0.242 e. The SMILES string of the molecule is CC(=O)Nc1ccc(NC(C)C(=O)NCCc2ccc(F)cc2)cc1. The molecule has 1 atom stereocenters. The van der Waals surface area contributed by atoms with Crippen molar-refractivity contribution < 1.29 is 14.0 Å². The monoisotopic (exact) mass is 343 g/mol. The minimum atomic E-state index is -0.403. The number of hydrogen-bond acceptors (Lipinski definition) is 3. The molecule has 25 heavy (non-hydrogen) atoms. The molecule has 6 heteroatoms. The summed E-state index contributed by atoms with van der Waals surface area (Å²) >= 11 is 0. The molecule has 0 aliphatic heterocycles. The standard InChI is InChI=1S/C19H22FN3O2/c1-13(22-17-7-9-18(10-8-17)23-14(2)24)19(25)21-12-11-15-3-5-16(20)6-4-15/h3-10,13,22H,11-12H2,1-2H3,(H,21,25)(H,23,24). The van der Waals surface area contributed by atoms with Crippen LogP contribution < -0.4 is 16.0 Å². The van der Waals surface area contributed by atoms with E-state index in [9.17, 15) is 14.0 Å². The van der Waals surface area contributed by atoms with E-state index in [0.29, 0.717) is 18.7 Å². The van der Waals surface area contributed by atoms with E-state index in [1.165, 1.54) is 19.1 Å². The number of hydrogen-bond donors (Lipinski definition) is 3. The van der Waals surface area contributed by atoms with Crippen LogP contribution in [0.4, 0.5) is 15.8 Å². The molecule has 2 amide bonds. The lowest BCUT2D eigenvalue weighted by Crippen LogP contribution is -2.38. The highest BCUT2D eigenvalue weighted by Gasteiger charge is 2.12. The van der Waals surface area contributed by atoms with Crippen LogP contribution in [0.15, 0.2) is 48.5 Å². The van der Waals surface area contributed by atoms with Crippen LogP contribution in [-0.2, 0) is 16.0 Å². The molecule has 0 spiro atoms. The molecule has 0 saturated carbocycles. The molecule has 2 aromatic carbocycles. The Bertz CT molecular complexity index is 714. The first kappa shape index (κ1) is 18.4. The zero-order valence-electron chi connectivity index (χ0n) is 14.3. The van der Waals surface area contributed by atoms with Gasteiger partial charge in [0.1, 0.15) is 11.9 Å². The van der Waals surface area contributed by atoms with Gasteiger partial charge in [-0.15, -0.1) is 0 Å². The van der Waals surface area contributed by atoms with E-state index in [0.717, 1.165) is 11.3 Å². The van der Waals surface area contributed by atoms with Crippen LogP contribution >= 0.6 is 0 Å². The van der Waals surface area contributed by atoms with Crippen LogP contribution in [0.2, 0.25) is 0 Å². The van der Waals surface area contributed by atoms with Gasteiger partial charge >= 0.3 is 0 Å². The van der Waals surface area contributed by atoms with E-state index >= 15 is 0 Å². The van der Waals surface area contributed by atoms with Gasteiger partial charge < -0.3 is 16.0 Å². The van der Waals surface area contributed by atoms with Crippen LogP contribution in [0, 0.1) is 5.82 Å². The average Bonchev–Trinajstić information content (AvgIpc) is 2.58. The molecule has 0 bridgehead atoms. The second-order valence-corrected chi connectivity index (χ2v) is 5.79. The Morgan fingerprint density at radius 2 is 1.60 bits per heavy atom. The second-order valence-electron chi connectivity index (χ2n) is 5.79. The molecule has 132 valence electrons. The van der Waals surface area contributed by atoms with Gasteiger partial charge in [0.2, 0.25) is 11.8 Å². The lowest BCUT2D eigenvalue weighted by molar-refractivity contribution is -0.121. The molecule has 3 N–H and O–H groups in total. The fraction of sp³-hybridized carbons (Fsp3) is 0.263. The lowest BCUT2D eigenvalue weighted by atomic mass is 10.1. The third kappa shape index (κ3) is 6.25. The van der Waals surface area contributed by atoms with Crippen LogP contribution in [-0.4, -0.2) is 24.4 Å². The summed E-state index contributed by atoms with van der Waals surface area (Å²) in [5.41, 5.74) is 2.46. The van der Waals surface area contributed by atoms with E-state index < -0.39 is 6.04 Å². The number of anilines is 2. The van der Waals surface area contributed by atoms with Crippen molar-refractivity contribution in [1.29, 1.82) is 0 Å². The molecule has 0 aliphatic carbocycles. The number of rotatable bonds is 7. The quantitative estimate of drug-likeness (QED) is 0.724. The van der Waals surface area contributed by atoms with Crippen molar-refractivity contribution in [3.63, 3.8) is 0 Å². The number of halogens is 1. The predicted molar refractivity (Wildman–Crippen MR) is 96.9 cm³/mol. The molecule has 0 aromatic heterocycles. The van der Waals surface area contributed by atoms with Crippen molar-refractivity contribution >= 4 is 23.2 Å². The van der Waals surface area contributed by atoms with Gasteiger partial charge in [-0.2, -0.15) is 0 Å². The highest BCUT2D eigenvalue weighted by Crippen LogP contribution is 2.14. The first-order valence-corrected chi connectivity index (χ1v) is 8.10. The Balaban J connectivity index is 1.77. The maximum Gasteiger partial charge on any atom is 0.242 e. The Labute approximate surface area is 146 Å². The Morgan fingerprint density at radius 3 is 2.20 bits per heavy atom. The summed E-state index contributed by atoms with van der Waals surface area (Å²) in [7, 11) is 0. The summed E-state index contributed by atoms with van der Waals surface area (Å²) in [5, 5.41) is 8.64. The van der Waals surface area contributed by atoms with Crippen molar-refractivity contribution in [2.24, 2.45) is 0 Å². The topological polar surface area (TPSA) is 70.2 Å². The van der Waals surface area contributed by atoms with Gasteiger partial charge in [0.15, 0.2) is 0 Å². The molecular formula is C19H22FN3O2. The predicted octanol–water partition coefficient (Wildman–Crippen LogP) is 2.94. The Morgan fingerprint density at radius 1 is 1.00 bits per heavy atom. The summed E-state index contributed by atoms with van der Waals surface area (Å²) in [6.07, 6.45) is 0.643. The second kappa shape index (κ2) is 8.82. The molecule has 1 unspecified atom stereocenters. The molecular weight excluding hydrogens is 321 g/mol. The largest absolute Gasteiger partial charge is 0.374 e. The Hall–Kier alpha value is -2.89. The molecule has 5 nitrogen and oxygen atoms in total. The fourth-order valence-corrected chi connectivity index (χ4v) is 2.30. The van der Waals surface area contributed by atoms with E-state index in [4.69, 9.17) is 0 Å². The number of amides is 2. The highest BCUT2D eigenvalue weighted by atomic mass is 19.1. The number of carbonyl (C=O) groups excluding carboxylic acids is 2. The zero-order chi connectivity index (χ0) is 18.2. The van der Waals surface area contributed by atoms with E-state index in [2.05, 4.69) is 16.0 Å². The van der Waals surface area contributed by atoms with Crippen molar-refractivity contribution in [3.8, 4) is 0 Å². The maximum absolute atomic E-state index is 12.8. The van der Waals surface area contributed by atoms with E-state index in [1.54, 1.807) is 43.3 Å². The summed E-state index contributed by atoms with van der Waals surface area (Å²) in [6, 6.07) is 13.0. The summed E-state index contributed by atoms with van der Waals surface area (Å²) in [5.74, 6) is -0.516. The molecule has 0 aliphatic rings. The third-order valence-electron chi connectivity index (χ3n) is 3.61. The lowest BCUT2D eigenvalue weighted by Gasteiger charge is -2.15. The van der Waals surface area contributed by atoms with Crippen LogP contribution in [0.1, 0.15) is 19.4 Å². The normalized spacial score (nSPS) is 11.5. The van der Waals surface area contributed by atoms with Crippen LogP contribution in [0.25, 0.3) is 0 Å². The van der Waals surface area contributed by atoms with Crippen molar-refractivity contribution in [2.75, 3.05) is 17.2 Å². The number of nitrogens with one attached hydrogen (secondary N) is 3. The summed E-state index contributed by atoms with van der Waals surface area (Å²) in [6.45, 7) is 3.71. The van der Waals surface area contributed by atoms with Gasteiger partial charge in [-0.25, -0.2) is 4.39 Å². The molecule has 2 rings (SSSR count). The van der Waals surface area contributed by atoms with Crippen LogP contribution in [0.3, 0.4) is 0 Å². The van der Waals surface area contributed by atoms with Crippen LogP contribution in [0.5, 0.6) is 0 Å². The minimum Gasteiger partial charge on any atom is -0.374 e. The molecule has 0 heterocycles. The van der Waals surface area contributed by atoms with E-state index in [-0.39, 0.29) is 17.6 Å². The fourth-order valence-electron chi connectivity index (χ4n) is 2.30. The van der Waals surface area contributed by atoms with Gasteiger partial charge in [-0.3, -0.25) is 9.59 Å². The molecule has 0 saturated heterocycles. The highest BCUT2D eigenvalue weighted by molar-refractivity contribution is 5.89. The van der Waals surface area contributed by atoms with Gasteiger partial charge in [0, 0.05) is 24.8 Å². The van der Waals surface area contributed by atoms with Gasteiger partial charge in [0.25, 0.3) is 0 Å². The van der Waals surface area contributed by atoms with Crippen molar-refractivity contribution in [2.45, 2.75) is 26.3 Å². The first-order valence-electron chi connectivity index (χ1n) is 8.10. The number of carbonyl (C=O) groups is 2. The minimum absolute atomic E-state index is 0.118. The van der Waals surface area contributed by atoms with Crippen molar-refractivity contribution in [1.82, 2.24) is 5.32 Å². The van der Waals surface area contributed by atoms with Gasteiger partial charge in [-0.1, -0.05) is 12.1 Å². The zero-order valence-corrected chi connectivity index (χ0v) is 14.3.